The number of likely N-dealkylation sites (N-methyl/N-ethyl adjacent to an activating group) is 2. The van der Waals surface area contributed by atoms with Crippen LogP contribution in [0.15, 0.2) is 42.0 Å². The molecule has 3 N–H and O–H groups in total. The van der Waals surface area contributed by atoms with Crippen molar-refractivity contribution in [2.75, 3.05) is 14.1 Å². The first-order valence-electron chi connectivity index (χ1n) is 18.4. The van der Waals surface area contributed by atoms with E-state index >= 15 is 0 Å². The van der Waals surface area contributed by atoms with Crippen LogP contribution in [0.5, 0.6) is 0 Å². The van der Waals surface area contributed by atoms with Gasteiger partial charge in [0.1, 0.15) is 17.7 Å². The van der Waals surface area contributed by atoms with Crippen molar-refractivity contribution < 1.29 is 43.1 Å². The van der Waals surface area contributed by atoms with Gasteiger partial charge < -0.3 is 30.4 Å². The fraction of sp³-hybridized carbons (Fsp3) is 0.625. The molecule has 0 bridgehead atoms. The Labute approximate surface area is 320 Å². The van der Waals surface area contributed by atoms with Crippen LogP contribution in [0.25, 0.3) is 0 Å². The lowest BCUT2D eigenvalue weighted by atomic mass is 9.76. The third-order valence-corrected chi connectivity index (χ3v) is 9.28. The highest BCUT2D eigenvalue weighted by atomic mass is 16.7. The van der Waals surface area contributed by atoms with E-state index < -0.39 is 70.3 Å². The summed E-state index contributed by atoms with van der Waals surface area (Å²) in [6.45, 7) is 19.8. The smallest absolute Gasteiger partial charge is 0.355 e. The Hall–Kier alpha value is -4.59. The van der Waals surface area contributed by atoms with Crippen LogP contribution in [0, 0.1) is 11.3 Å². The molecule has 0 aromatic heterocycles. The molecule has 0 radical (unpaired) electrons. The highest BCUT2D eigenvalue weighted by molar-refractivity contribution is 6.02. The number of rotatable bonds is 16. The molecular weight excluding hydrogens is 694 g/mol. The van der Waals surface area contributed by atoms with Gasteiger partial charge in [0.15, 0.2) is 0 Å². The first-order chi connectivity index (χ1) is 24.8. The first-order valence-corrected chi connectivity index (χ1v) is 18.4. The second-order valence-electron chi connectivity index (χ2n) is 16.8. The third kappa shape index (κ3) is 12.5. The molecule has 1 saturated heterocycles. The summed E-state index contributed by atoms with van der Waals surface area (Å²) >= 11 is 0. The summed E-state index contributed by atoms with van der Waals surface area (Å²) in [5, 5.41) is 9.08. The number of imide groups is 1. The Morgan fingerprint density at radius 2 is 1.44 bits per heavy atom. The molecule has 1 aromatic rings. The summed E-state index contributed by atoms with van der Waals surface area (Å²) in [7, 11) is 3.31. The quantitative estimate of drug-likeness (QED) is 0.128. The molecule has 0 aliphatic carbocycles. The lowest BCUT2D eigenvalue weighted by Gasteiger charge is -2.40. The fourth-order valence-corrected chi connectivity index (χ4v) is 6.15. The number of nitrogens with one attached hydrogen (secondary N) is 3. The number of nitrogens with zero attached hydrogens (tertiary/aromatic N) is 2. The lowest BCUT2D eigenvalue weighted by molar-refractivity contribution is -0.199. The standard InChI is InChI=1S/C40H61N5O9/c1-24(2)28(44(13)36(51)33(38(4,5)6)43-35(50)32(41-12)40(10,11)26-17-15-14-16-18-26)23-25(3)34(49)42-27(19-22-31(48)53-39(7,8)9)37(52)54-45-29(46)20-21-30(45)47/h14-18,23-24,27-28,32-33,41H,19-22H2,1-13H3,(H,42,49)(H,43,50)/b25-23+/t27-,28-,32-,33?/m1/s1. The maximum Gasteiger partial charge on any atom is 0.355 e. The van der Waals surface area contributed by atoms with Gasteiger partial charge in [0.05, 0.1) is 12.1 Å². The average molecular weight is 756 g/mol. The zero-order valence-corrected chi connectivity index (χ0v) is 34.2. The minimum Gasteiger partial charge on any atom is -0.460 e. The van der Waals surface area contributed by atoms with E-state index in [0.717, 1.165) is 5.56 Å². The molecule has 300 valence electrons. The van der Waals surface area contributed by atoms with E-state index in [4.69, 9.17) is 9.57 Å². The van der Waals surface area contributed by atoms with Gasteiger partial charge in [-0.05, 0) is 58.1 Å². The molecule has 1 heterocycles. The molecule has 1 aliphatic rings. The number of carbonyl (C=O) groups excluding carboxylic acids is 7. The third-order valence-electron chi connectivity index (χ3n) is 9.28. The highest BCUT2D eigenvalue weighted by Gasteiger charge is 2.42. The molecule has 14 nitrogen and oxygen atoms in total. The molecule has 54 heavy (non-hydrogen) atoms. The van der Waals surface area contributed by atoms with Crippen LogP contribution >= 0.6 is 0 Å². The second kappa shape index (κ2) is 18.6. The van der Waals surface area contributed by atoms with Gasteiger partial charge in [0.25, 0.3) is 11.8 Å². The van der Waals surface area contributed by atoms with E-state index in [1.54, 1.807) is 40.9 Å². The lowest BCUT2D eigenvalue weighted by Crippen LogP contribution is -2.61. The van der Waals surface area contributed by atoms with Gasteiger partial charge in [-0.25, -0.2) is 4.79 Å². The summed E-state index contributed by atoms with van der Waals surface area (Å²) in [4.78, 5) is 98.3. The number of carbonyl (C=O) groups is 7. The summed E-state index contributed by atoms with van der Waals surface area (Å²) in [6.07, 6.45) is 0.847. The van der Waals surface area contributed by atoms with E-state index in [1.165, 1.54) is 11.8 Å². The second-order valence-corrected chi connectivity index (χ2v) is 16.8. The summed E-state index contributed by atoms with van der Waals surface area (Å²) in [5.41, 5.74) is -1.02. The van der Waals surface area contributed by atoms with Crippen molar-refractivity contribution in [2.24, 2.45) is 11.3 Å². The van der Waals surface area contributed by atoms with E-state index in [2.05, 4.69) is 16.0 Å². The van der Waals surface area contributed by atoms with Gasteiger partial charge in [0, 0.05) is 37.3 Å². The van der Waals surface area contributed by atoms with Crippen LogP contribution in [0.1, 0.15) is 107 Å². The molecule has 0 saturated carbocycles. The number of hydrogen-bond acceptors (Lipinski definition) is 10. The zero-order valence-electron chi connectivity index (χ0n) is 34.2. The largest absolute Gasteiger partial charge is 0.460 e. The fourth-order valence-electron chi connectivity index (χ4n) is 6.15. The molecule has 14 heteroatoms. The molecule has 5 amide bonds. The normalized spacial score (nSPS) is 16.3. The van der Waals surface area contributed by atoms with Crippen molar-refractivity contribution in [3.05, 3.63) is 47.5 Å². The SMILES string of the molecule is CN[C@H](C(=O)NC(C(=O)N(C)[C@H](/C=C(\C)C(=O)N[C@H](CCC(=O)OC(C)(C)C)C(=O)ON1C(=O)CCC1=O)C(C)C)C(C)(C)C)C(C)(C)c1ccccc1. The number of hydrogen-bond donors (Lipinski definition) is 3. The molecule has 2 rings (SSSR count). The van der Waals surface area contributed by atoms with Gasteiger partial charge in [-0.15, -0.1) is 5.06 Å². The van der Waals surface area contributed by atoms with E-state index in [1.807, 2.05) is 78.8 Å². The molecule has 1 aromatic carbocycles. The Balaban J connectivity index is 2.34. The van der Waals surface area contributed by atoms with Crippen molar-refractivity contribution in [3.8, 4) is 0 Å². The van der Waals surface area contributed by atoms with E-state index in [-0.39, 0.29) is 49.0 Å². The van der Waals surface area contributed by atoms with Gasteiger partial charge in [-0.1, -0.05) is 84.9 Å². The predicted molar refractivity (Wildman–Crippen MR) is 203 cm³/mol. The molecule has 1 fully saturated rings. The molecule has 1 aliphatic heterocycles. The molecule has 1 unspecified atom stereocenters. The highest BCUT2D eigenvalue weighted by Crippen LogP contribution is 2.29. The van der Waals surface area contributed by atoms with Crippen molar-refractivity contribution in [1.29, 1.82) is 0 Å². The number of amides is 5. The van der Waals surface area contributed by atoms with Crippen molar-refractivity contribution >= 4 is 41.5 Å². The predicted octanol–water partition coefficient (Wildman–Crippen LogP) is 3.73. The minimum absolute atomic E-state index is 0.118. The Kier molecular flexibility index (Phi) is 15.7. The van der Waals surface area contributed by atoms with Crippen LogP contribution in [-0.2, 0) is 48.6 Å². The van der Waals surface area contributed by atoms with Crippen LogP contribution in [0.3, 0.4) is 0 Å². The maximum absolute atomic E-state index is 14.3. The van der Waals surface area contributed by atoms with Crippen LogP contribution < -0.4 is 16.0 Å². The minimum atomic E-state index is -1.42. The van der Waals surface area contributed by atoms with Gasteiger partial charge in [-0.2, -0.15) is 0 Å². The monoisotopic (exact) mass is 755 g/mol. The van der Waals surface area contributed by atoms with Crippen LogP contribution in [0.4, 0.5) is 0 Å². The zero-order chi connectivity index (χ0) is 41.3. The van der Waals surface area contributed by atoms with Gasteiger partial charge in [-0.3, -0.25) is 28.8 Å². The average Bonchev–Trinajstić information content (AvgIpc) is 3.38. The van der Waals surface area contributed by atoms with Crippen molar-refractivity contribution in [3.63, 3.8) is 0 Å². The van der Waals surface area contributed by atoms with Crippen LogP contribution in [0.2, 0.25) is 0 Å². The Morgan fingerprint density at radius 3 is 1.93 bits per heavy atom. The topological polar surface area (TPSA) is 181 Å². The number of benzene rings is 1. The van der Waals surface area contributed by atoms with Crippen LogP contribution in [-0.4, -0.2) is 95.3 Å². The summed E-state index contributed by atoms with van der Waals surface area (Å²) in [6, 6.07) is 5.98. The van der Waals surface area contributed by atoms with E-state index in [0.29, 0.717) is 5.06 Å². The first kappa shape index (κ1) is 45.6. The molecule has 0 spiro atoms. The van der Waals surface area contributed by atoms with Gasteiger partial charge in [0.2, 0.25) is 17.7 Å². The molecular formula is C40H61N5O9. The van der Waals surface area contributed by atoms with Crippen molar-refractivity contribution in [1.82, 2.24) is 25.9 Å². The summed E-state index contributed by atoms with van der Waals surface area (Å²) < 4.78 is 5.34. The maximum atomic E-state index is 14.3. The number of ether oxygens (including phenoxy) is 1. The number of esters is 1. The summed E-state index contributed by atoms with van der Waals surface area (Å²) in [5.74, 6) is -4.73. The number of hydroxylamine groups is 2. The Morgan fingerprint density at radius 1 is 0.889 bits per heavy atom. The Bertz CT molecular complexity index is 1560. The van der Waals surface area contributed by atoms with Crippen molar-refractivity contribution in [2.45, 2.75) is 137 Å². The molecule has 4 atom stereocenters. The van der Waals surface area contributed by atoms with Gasteiger partial charge >= 0.3 is 11.9 Å². The van der Waals surface area contributed by atoms with E-state index in [9.17, 15) is 33.6 Å².